The predicted octanol–water partition coefficient (Wildman–Crippen LogP) is 3.42. The molecule has 1 atom stereocenters. The normalized spacial score (nSPS) is 12.2. The molecule has 0 heterocycles. The topological polar surface area (TPSA) is 60.2 Å². The first-order valence-corrected chi connectivity index (χ1v) is 6.12. The zero-order valence-corrected chi connectivity index (χ0v) is 11.5. The first kappa shape index (κ1) is 14.0. The number of nitro groups is 1. The Labute approximate surface area is 111 Å². The lowest BCUT2D eigenvalue weighted by molar-refractivity contribution is -0.385. The minimum atomic E-state index is -0.660. The number of halogens is 2. The number of nitro benzene ring substituents is 1. The van der Waals surface area contributed by atoms with Crippen LogP contribution in [-0.2, 0) is 4.79 Å². The number of carbonyl (C=O) groups is 1. The van der Waals surface area contributed by atoms with Crippen molar-refractivity contribution in [1.29, 1.82) is 0 Å². The second-order valence-corrected chi connectivity index (χ2v) is 4.79. The van der Waals surface area contributed by atoms with Crippen molar-refractivity contribution in [3.05, 3.63) is 37.2 Å². The van der Waals surface area contributed by atoms with Crippen LogP contribution in [0.15, 0.2) is 12.1 Å². The third-order valence-electron chi connectivity index (χ3n) is 2.56. The zero-order valence-electron chi connectivity index (χ0n) is 9.37. The molecule has 1 rings (SSSR count). The lowest BCUT2D eigenvalue weighted by atomic mass is 9.94. The van der Waals surface area contributed by atoms with E-state index in [0.29, 0.717) is 0 Å². The van der Waals surface area contributed by atoms with Gasteiger partial charge in [-0.05, 0) is 28.7 Å². The fourth-order valence-electron chi connectivity index (χ4n) is 1.54. The van der Waals surface area contributed by atoms with Gasteiger partial charge in [0.05, 0.1) is 8.49 Å². The molecular weight excluding hydrogens is 340 g/mol. The molecule has 4 nitrogen and oxygen atoms in total. The summed E-state index contributed by atoms with van der Waals surface area (Å²) < 4.78 is 13.6. The second-order valence-electron chi connectivity index (χ2n) is 3.62. The second kappa shape index (κ2) is 5.52. The third kappa shape index (κ3) is 2.99. The molecule has 0 aliphatic rings. The van der Waals surface area contributed by atoms with E-state index in [2.05, 4.69) is 0 Å². The van der Waals surface area contributed by atoms with E-state index in [1.807, 2.05) is 0 Å². The molecule has 0 fully saturated rings. The summed E-state index contributed by atoms with van der Waals surface area (Å²) in [6.45, 7) is 3.23. The predicted molar refractivity (Wildman–Crippen MR) is 69.5 cm³/mol. The summed E-state index contributed by atoms with van der Waals surface area (Å²) in [4.78, 5) is 21.8. The van der Waals surface area contributed by atoms with Gasteiger partial charge in [-0.1, -0.05) is 13.8 Å². The van der Waals surface area contributed by atoms with Crippen LogP contribution >= 0.6 is 22.6 Å². The number of ketones is 1. The number of rotatable bonds is 4. The fourth-order valence-corrected chi connectivity index (χ4v) is 1.99. The first-order valence-electron chi connectivity index (χ1n) is 5.04. The largest absolute Gasteiger partial charge is 0.299 e. The molecule has 17 heavy (non-hydrogen) atoms. The molecule has 0 bridgehead atoms. The summed E-state index contributed by atoms with van der Waals surface area (Å²) in [5.74, 6) is -1.34. The standard InChI is InChI=1S/C11H11FINO3/c1-3-11(15)6(2)7-4-8(12)9(13)5-10(7)14(16)17/h4-6H,3H2,1-2H3. The third-order valence-corrected chi connectivity index (χ3v) is 3.39. The number of hydrogen-bond donors (Lipinski definition) is 0. The average molecular weight is 351 g/mol. The maximum absolute atomic E-state index is 13.4. The van der Waals surface area contributed by atoms with E-state index >= 15 is 0 Å². The van der Waals surface area contributed by atoms with Gasteiger partial charge in [0.2, 0.25) is 0 Å². The lowest BCUT2D eigenvalue weighted by Crippen LogP contribution is -2.10. The van der Waals surface area contributed by atoms with Crippen LogP contribution in [-0.4, -0.2) is 10.7 Å². The highest BCUT2D eigenvalue weighted by Crippen LogP contribution is 2.31. The molecule has 92 valence electrons. The summed E-state index contributed by atoms with van der Waals surface area (Å²) in [6.07, 6.45) is 0.270. The van der Waals surface area contributed by atoms with Crippen LogP contribution in [0.3, 0.4) is 0 Å². The lowest BCUT2D eigenvalue weighted by Gasteiger charge is -2.10. The highest BCUT2D eigenvalue weighted by Gasteiger charge is 2.25. The Kier molecular flexibility index (Phi) is 4.55. The number of nitrogens with zero attached hydrogens (tertiary/aromatic N) is 1. The van der Waals surface area contributed by atoms with E-state index in [-0.39, 0.29) is 27.0 Å². The molecule has 1 aromatic rings. The average Bonchev–Trinajstić information content (AvgIpc) is 2.29. The summed E-state index contributed by atoms with van der Waals surface area (Å²) >= 11 is 1.69. The van der Waals surface area contributed by atoms with Crippen LogP contribution in [0, 0.1) is 19.5 Å². The Bertz CT molecular complexity index is 476. The van der Waals surface area contributed by atoms with Gasteiger partial charge in [0.15, 0.2) is 0 Å². The molecule has 0 amide bonds. The van der Waals surface area contributed by atoms with E-state index in [4.69, 9.17) is 0 Å². The van der Waals surface area contributed by atoms with E-state index in [1.165, 1.54) is 0 Å². The molecule has 0 radical (unpaired) electrons. The summed E-state index contributed by atoms with van der Waals surface area (Å²) in [6, 6.07) is 2.24. The molecule has 0 aromatic heterocycles. The number of benzene rings is 1. The van der Waals surface area contributed by atoms with Gasteiger partial charge in [0, 0.05) is 24.0 Å². The Hall–Kier alpha value is -1.05. The van der Waals surface area contributed by atoms with Crippen molar-refractivity contribution in [2.24, 2.45) is 0 Å². The maximum Gasteiger partial charge on any atom is 0.274 e. The van der Waals surface area contributed by atoms with Gasteiger partial charge in [-0.15, -0.1) is 0 Å². The quantitative estimate of drug-likeness (QED) is 0.474. The van der Waals surface area contributed by atoms with Gasteiger partial charge in [-0.2, -0.15) is 0 Å². The first-order chi connectivity index (χ1) is 7.88. The molecule has 0 aliphatic carbocycles. The van der Waals surface area contributed by atoms with Crippen molar-refractivity contribution in [2.75, 3.05) is 0 Å². The van der Waals surface area contributed by atoms with Crippen LogP contribution in [0.5, 0.6) is 0 Å². The van der Waals surface area contributed by atoms with Crippen LogP contribution in [0.4, 0.5) is 10.1 Å². The SMILES string of the molecule is CCC(=O)C(C)c1cc(F)c(I)cc1[N+](=O)[O-]. The molecule has 0 saturated carbocycles. The number of carbonyl (C=O) groups excluding carboxylic acids is 1. The molecule has 6 heteroatoms. The van der Waals surface area contributed by atoms with Crippen molar-refractivity contribution in [3.8, 4) is 0 Å². The summed E-state index contributed by atoms with van der Waals surface area (Å²) in [5, 5.41) is 10.9. The molecule has 1 aromatic carbocycles. The van der Waals surface area contributed by atoms with Gasteiger partial charge in [0.25, 0.3) is 5.69 Å². The van der Waals surface area contributed by atoms with Gasteiger partial charge < -0.3 is 0 Å². The van der Waals surface area contributed by atoms with E-state index in [9.17, 15) is 19.3 Å². The molecule has 1 unspecified atom stereocenters. The monoisotopic (exact) mass is 351 g/mol. The molecule has 0 saturated heterocycles. The van der Waals surface area contributed by atoms with Crippen LogP contribution in [0.1, 0.15) is 31.7 Å². The molecular formula is C11H11FINO3. The Morgan fingerprint density at radius 3 is 2.65 bits per heavy atom. The van der Waals surface area contributed by atoms with Crippen LogP contribution in [0.25, 0.3) is 0 Å². The van der Waals surface area contributed by atoms with E-state index in [0.717, 1.165) is 12.1 Å². The van der Waals surface area contributed by atoms with Crippen molar-refractivity contribution in [2.45, 2.75) is 26.2 Å². The minimum Gasteiger partial charge on any atom is -0.299 e. The molecule has 0 spiro atoms. The molecule has 0 N–H and O–H groups in total. The highest BCUT2D eigenvalue weighted by molar-refractivity contribution is 14.1. The smallest absolute Gasteiger partial charge is 0.274 e. The van der Waals surface area contributed by atoms with Crippen molar-refractivity contribution < 1.29 is 14.1 Å². The van der Waals surface area contributed by atoms with Gasteiger partial charge in [-0.3, -0.25) is 14.9 Å². The molecule has 0 aliphatic heterocycles. The highest BCUT2D eigenvalue weighted by atomic mass is 127. The van der Waals surface area contributed by atoms with E-state index in [1.54, 1.807) is 36.4 Å². The van der Waals surface area contributed by atoms with Crippen LogP contribution in [0.2, 0.25) is 0 Å². The van der Waals surface area contributed by atoms with Crippen molar-refractivity contribution >= 4 is 34.1 Å². The van der Waals surface area contributed by atoms with Crippen molar-refractivity contribution in [3.63, 3.8) is 0 Å². The summed E-state index contributed by atoms with van der Waals surface area (Å²) in [5.41, 5.74) is -0.0649. The minimum absolute atomic E-state index is 0.139. The summed E-state index contributed by atoms with van der Waals surface area (Å²) in [7, 11) is 0. The van der Waals surface area contributed by atoms with Crippen molar-refractivity contribution in [1.82, 2.24) is 0 Å². The number of Topliss-reactive ketones (excluding diaryl/α,β-unsaturated/α-hetero) is 1. The van der Waals surface area contributed by atoms with E-state index < -0.39 is 16.7 Å². The Morgan fingerprint density at radius 2 is 2.18 bits per heavy atom. The van der Waals surface area contributed by atoms with Gasteiger partial charge in [-0.25, -0.2) is 4.39 Å². The zero-order chi connectivity index (χ0) is 13.2. The van der Waals surface area contributed by atoms with Gasteiger partial charge in [0.1, 0.15) is 11.6 Å². The van der Waals surface area contributed by atoms with Gasteiger partial charge >= 0.3 is 0 Å². The number of hydrogen-bond acceptors (Lipinski definition) is 3. The Morgan fingerprint density at radius 1 is 1.59 bits per heavy atom. The Balaban J connectivity index is 3.35. The maximum atomic E-state index is 13.4. The fraction of sp³-hybridized carbons (Fsp3) is 0.364. The van der Waals surface area contributed by atoms with Crippen LogP contribution < -0.4 is 0 Å².